The Kier molecular flexibility index (Phi) is 4.31. The number of hydrogen-bond acceptors (Lipinski definition) is 5. The highest BCUT2D eigenvalue weighted by atomic mass is 16.1. The summed E-state index contributed by atoms with van der Waals surface area (Å²) in [5.74, 6) is 0.458. The van der Waals surface area contributed by atoms with Crippen LogP contribution >= 0.6 is 0 Å². The van der Waals surface area contributed by atoms with Crippen molar-refractivity contribution in [3.63, 3.8) is 0 Å². The molecule has 0 spiro atoms. The number of hydrogen-bond donors (Lipinski definition) is 1. The molecule has 2 aromatic carbocycles. The lowest BCUT2D eigenvalue weighted by molar-refractivity contribution is 0.526. The first-order chi connectivity index (χ1) is 15.7. The van der Waals surface area contributed by atoms with E-state index in [1.54, 1.807) is 29.2 Å². The molecular formula is C25H20N6O. The van der Waals surface area contributed by atoms with E-state index in [9.17, 15) is 4.79 Å². The van der Waals surface area contributed by atoms with Crippen molar-refractivity contribution in [3.8, 4) is 5.69 Å². The van der Waals surface area contributed by atoms with E-state index in [0.717, 1.165) is 29.6 Å². The number of pyridine rings is 1. The van der Waals surface area contributed by atoms with Gasteiger partial charge in [0.2, 0.25) is 5.95 Å². The molecule has 3 heterocycles. The van der Waals surface area contributed by atoms with E-state index < -0.39 is 0 Å². The Hall–Kier alpha value is -4.26. The molecule has 0 amide bonds. The van der Waals surface area contributed by atoms with E-state index in [0.29, 0.717) is 11.6 Å². The van der Waals surface area contributed by atoms with E-state index in [2.05, 4.69) is 39.7 Å². The van der Waals surface area contributed by atoms with Crippen LogP contribution in [0.4, 0.5) is 11.6 Å². The number of benzene rings is 2. The number of anilines is 2. The quantitative estimate of drug-likeness (QED) is 0.474. The van der Waals surface area contributed by atoms with Crippen molar-refractivity contribution in [2.45, 2.75) is 18.9 Å². The second kappa shape index (κ2) is 7.46. The zero-order valence-electron chi connectivity index (χ0n) is 17.2. The molecule has 7 heteroatoms. The van der Waals surface area contributed by atoms with E-state index in [1.807, 2.05) is 41.1 Å². The first-order valence-electron chi connectivity index (χ1n) is 10.6. The van der Waals surface area contributed by atoms with Crippen molar-refractivity contribution in [2.24, 2.45) is 0 Å². The van der Waals surface area contributed by atoms with E-state index in [-0.39, 0.29) is 11.6 Å². The summed E-state index contributed by atoms with van der Waals surface area (Å²) in [6, 6.07) is 21.6. The zero-order chi connectivity index (χ0) is 21.5. The fourth-order valence-electron chi connectivity index (χ4n) is 4.42. The lowest BCUT2D eigenvalue weighted by Crippen LogP contribution is -2.25. The Bertz CT molecular complexity index is 1450. The maximum absolute atomic E-state index is 12.9. The van der Waals surface area contributed by atoms with Crippen LogP contribution < -0.4 is 10.9 Å². The van der Waals surface area contributed by atoms with Gasteiger partial charge in [0.15, 0.2) is 0 Å². The van der Waals surface area contributed by atoms with Crippen LogP contribution in [0.1, 0.15) is 17.2 Å². The molecule has 0 fully saturated rings. The Labute approximate surface area is 184 Å². The number of aromatic nitrogens is 5. The normalized spacial score (nSPS) is 13.4. The summed E-state index contributed by atoms with van der Waals surface area (Å²) < 4.78 is 3.62. The van der Waals surface area contributed by atoms with Crippen molar-refractivity contribution in [2.75, 3.05) is 5.32 Å². The predicted molar refractivity (Wildman–Crippen MR) is 124 cm³/mol. The fraction of sp³-hybridized carbons (Fsp3) is 0.120. The van der Waals surface area contributed by atoms with E-state index >= 15 is 0 Å². The molecule has 6 rings (SSSR count). The van der Waals surface area contributed by atoms with Gasteiger partial charge in [-0.2, -0.15) is 10.1 Å². The van der Waals surface area contributed by atoms with Crippen molar-refractivity contribution in [1.82, 2.24) is 24.3 Å². The predicted octanol–water partition coefficient (Wildman–Crippen LogP) is 4.06. The highest BCUT2D eigenvalue weighted by molar-refractivity contribution is 5.76. The molecule has 32 heavy (non-hydrogen) atoms. The maximum Gasteiger partial charge on any atom is 0.252 e. The molecule has 0 unspecified atom stereocenters. The Morgan fingerprint density at radius 3 is 2.41 bits per heavy atom. The van der Waals surface area contributed by atoms with Gasteiger partial charge in [0.1, 0.15) is 5.65 Å². The minimum absolute atomic E-state index is 0.0384. The summed E-state index contributed by atoms with van der Waals surface area (Å²) in [6.45, 7) is 0. The average Bonchev–Trinajstić information content (AvgIpc) is 3.49. The third-order valence-electron chi connectivity index (χ3n) is 5.95. The molecule has 3 aromatic heterocycles. The van der Waals surface area contributed by atoms with Crippen molar-refractivity contribution >= 4 is 22.7 Å². The largest absolute Gasteiger partial charge is 0.324 e. The lowest BCUT2D eigenvalue weighted by atomic mass is 10.1. The molecule has 5 aromatic rings. The first kappa shape index (κ1) is 18.5. The van der Waals surface area contributed by atoms with Gasteiger partial charge in [0, 0.05) is 41.8 Å². The Balaban J connectivity index is 1.34. The monoisotopic (exact) mass is 420 g/mol. The molecule has 0 bridgehead atoms. The SMILES string of the molecule is O=c1ccc2cnc(Nc3ccc(-n4cccn4)cc3)nc2n1C1Cc2ccccc2C1. The van der Waals surface area contributed by atoms with Gasteiger partial charge >= 0.3 is 0 Å². The molecule has 1 aliphatic rings. The van der Waals surface area contributed by atoms with E-state index in [1.165, 1.54) is 11.1 Å². The summed E-state index contributed by atoms with van der Waals surface area (Å²) in [7, 11) is 0. The topological polar surface area (TPSA) is 77.6 Å². The second-order valence-electron chi connectivity index (χ2n) is 7.97. The van der Waals surface area contributed by atoms with Crippen LogP contribution in [0.25, 0.3) is 16.7 Å². The molecule has 1 aliphatic carbocycles. The third-order valence-corrected chi connectivity index (χ3v) is 5.95. The molecular weight excluding hydrogens is 400 g/mol. The highest BCUT2D eigenvalue weighted by Gasteiger charge is 2.25. The van der Waals surface area contributed by atoms with E-state index in [4.69, 9.17) is 4.98 Å². The summed E-state index contributed by atoms with van der Waals surface area (Å²) in [4.78, 5) is 22.1. The van der Waals surface area contributed by atoms with Crippen LogP contribution in [0.2, 0.25) is 0 Å². The number of rotatable bonds is 4. The molecule has 156 valence electrons. The summed E-state index contributed by atoms with van der Waals surface area (Å²) in [5.41, 5.74) is 5.04. The van der Waals surface area contributed by atoms with Gasteiger partial charge < -0.3 is 5.32 Å². The number of nitrogens with zero attached hydrogens (tertiary/aromatic N) is 5. The number of nitrogens with one attached hydrogen (secondary N) is 1. The molecule has 0 saturated carbocycles. The van der Waals surface area contributed by atoms with Gasteiger partial charge in [-0.3, -0.25) is 9.36 Å². The van der Waals surface area contributed by atoms with Gasteiger partial charge in [-0.05, 0) is 60.4 Å². The van der Waals surface area contributed by atoms with Gasteiger partial charge in [-0.15, -0.1) is 0 Å². The van der Waals surface area contributed by atoms with Gasteiger partial charge in [0.25, 0.3) is 5.56 Å². The highest BCUT2D eigenvalue weighted by Crippen LogP contribution is 2.31. The van der Waals surface area contributed by atoms with Crippen molar-refractivity contribution in [1.29, 1.82) is 0 Å². The minimum Gasteiger partial charge on any atom is -0.324 e. The molecule has 0 saturated heterocycles. The average molecular weight is 420 g/mol. The summed E-state index contributed by atoms with van der Waals surface area (Å²) in [5, 5.41) is 8.35. The molecule has 0 aliphatic heterocycles. The Morgan fingerprint density at radius 1 is 0.906 bits per heavy atom. The summed E-state index contributed by atoms with van der Waals surface area (Å²) in [6.07, 6.45) is 7.07. The van der Waals surface area contributed by atoms with Gasteiger partial charge in [-0.25, -0.2) is 9.67 Å². The second-order valence-corrected chi connectivity index (χ2v) is 7.97. The standard InChI is InChI=1S/C25H20N6O/c32-23-11-6-19-16-26-25(28-20-7-9-21(10-8-20)30-13-3-12-27-30)29-24(19)31(23)22-14-17-4-1-2-5-18(17)15-22/h1-13,16,22H,14-15H2,(H,26,28,29). The fourth-order valence-corrected chi connectivity index (χ4v) is 4.42. The Morgan fingerprint density at radius 2 is 1.69 bits per heavy atom. The molecule has 7 nitrogen and oxygen atoms in total. The molecule has 1 N–H and O–H groups in total. The maximum atomic E-state index is 12.9. The lowest BCUT2D eigenvalue weighted by Gasteiger charge is -2.16. The van der Waals surface area contributed by atoms with Crippen LogP contribution in [-0.4, -0.2) is 24.3 Å². The van der Waals surface area contributed by atoms with Gasteiger partial charge in [0.05, 0.1) is 5.69 Å². The minimum atomic E-state index is -0.0384. The van der Waals surface area contributed by atoms with Crippen LogP contribution in [-0.2, 0) is 12.8 Å². The molecule has 0 atom stereocenters. The smallest absolute Gasteiger partial charge is 0.252 e. The van der Waals surface area contributed by atoms with Crippen LogP contribution in [0.15, 0.2) is 90.1 Å². The zero-order valence-corrected chi connectivity index (χ0v) is 17.2. The summed E-state index contributed by atoms with van der Waals surface area (Å²) >= 11 is 0. The van der Waals surface area contributed by atoms with Crippen LogP contribution in [0.5, 0.6) is 0 Å². The third kappa shape index (κ3) is 3.24. The number of fused-ring (bicyclic) bond motifs is 2. The van der Waals surface area contributed by atoms with Crippen molar-refractivity contribution < 1.29 is 0 Å². The van der Waals surface area contributed by atoms with Crippen LogP contribution in [0.3, 0.4) is 0 Å². The molecule has 0 radical (unpaired) electrons. The first-order valence-corrected chi connectivity index (χ1v) is 10.6. The van der Waals surface area contributed by atoms with Crippen molar-refractivity contribution in [3.05, 3.63) is 107 Å². The van der Waals surface area contributed by atoms with Crippen LogP contribution in [0, 0.1) is 0 Å². The van der Waals surface area contributed by atoms with Gasteiger partial charge in [-0.1, -0.05) is 24.3 Å².